The summed E-state index contributed by atoms with van der Waals surface area (Å²) >= 11 is 0. The van der Waals surface area contributed by atoms with Crippen LogP contribution >= 0.6 is 0 Å². The molecule has 4 aromatic rings. The van der Waals surface area contributed by atoms with Crippen LogP contribution < -0.4 is 20.6 Å². The van der Waals surface area contributed by atoms with Crippen LogP contribution in [0.2, 0.25) is 0 Å². The van der Waals surface area contributed by atoms with Crippen molar-refractivity contribution in [2.24, 2.45) is 5.10 Å². The Morgan fingerprint density at radius 2 is 1.94 bits per heavy atom. The number of hydrogen-bond acceptors (Lipinski definition) is 10. The minimum atomic E-state index is -0.594. The second-order valence-electron chi connectivity index (χ2n) is 6.74. The fraction of sp³-hybridized carbons (Fsp3) is 0.143. The molecule has 0 spiro atoms. The normalized spacial score (nSPS) is 11.3. The SMILES string of the molecule is COc1cccc(-c2c(C(=O)N/N=C(/C)c3ccccc3OC)nnn2-c2nonc2N)c1. The summed E-state index contributed by atoms with van der Waals surface area (Å²) < 4.78 is 16.6. The van der Waals surface area contributed by atoms with Crippen LogP contribution in [0.4, 0.5) is 5.82 Å². The first-order valence-electron chi connectivity index (χ1n) is 9.70. The predicted molar refractivity (Wildman–Crippen MR) is 118 cm³/mol. The molecule has 0 fully saturated rings. The van der Waals surface area contributed by atoms with Gasteiger partial charge >= 0.3 is 0 Å². The summed E-state index contributed by atoms with van der Waals surface area (Å²) in [5.41, 5.74) is 10.5. The van der Waals surface area contributed by atoms with Crippen molar-refractivity contribution in [1.29, 1.82) is 0 Å². The number of anilines is 1. The van der Waals surface area contributed by atoms with Gasteiger partial charge in [-0.2, -0.15) is 9.78 Å². The Morgan fingerprint density at radius 3 is 2.67 bits per heavy atom. The summed E-state index contributed by atoms with van der Waals surface area (Å²) in [7, 11) is 3.10. The number of carbonyl (C=O) groups is 1. The van der Waals surface area contributed by atoms with Crippen molar-refractivity contribution < 1.29 is 18.9 Å². The molecule has 0 aliphatic rings. The molecule has 0 bridgehead atoms. The van der Waals surface area contributed by atoms with Gasteiger partial charge in [0.15, 0.2) is 5.69 Å². The van der Waals surface area contributed by atoms with E-state index in [2.05, 4.69) is 35.8 Å². The first-order valence-corrected chi connectivity index (χ1v) is 9.70. The monoisotopic (exact) mass is 448 g/mol. The van der Waals surface area contributed by atoms with Gasteiger partial charge in [0.25, 0.3) is 5.91 Å². The lowest BCUT2D eigenvalue weighted by Crippen LogP contribution is -2.21. The molecular weight excluding hydrogens is 428 g/mol. The van der Waals surface area contributed by atoms with Crippen molar-refractivity contribution in [3.05, 3.63) is 59.8 Å². The summed E-state index contributed by atoms with van der Waals surface area (Å²) in [5.74, 6) is 0.686. The quantitative estimate of drug-likeness (QED) is 0.319. The smallest absolute Gasteiger partial charge is 0.294 e. The van der Waals surface area contributed by atoms with Crippen molar-refractivity contribution in [3.63, 3.8) is 0 Å². The third-order valence-electron chi connectivity index (χ3n) is 4.75. The molecule has 3 N–H and O–H groups in total. The molecule has 0 unspecified atom stereocenters. The largest absolute Gasteiger partial charge is 0.497 e. The van der Waals surface area contributed by atoms with Crippen LogP contribution in [0.5, 0.6) is 11.5 Å². The van der Waals surface area contributed by atoms with Gasteiger partial charge in [-0.05, 0) is 41.5 Å². The number of nitrogen functional groups attached to an aromatic ring is 1. The second kappa shape index (κ2) is 9.18. The zero-order valence-electron chi connectivity index (χ0n) is 18.0. The Hall–Kier alpha value is -4.74. The van der Waals surface area contributed by atoms with Crippen molar-refractivity contribution in [2.75, 3.05) is 20.0 Å². The van der Waals surface area contributed by atoms with Crippen LogP contribution in [0, 0.1) is 0 Å². The highest BCUT2D eigenvalue weighted by Crippen LogP contribution is 2.29. The summed E-state index contributed by atoms with van der Waals surface area (Å²) in [6.45, 7) is 1.75. The highest BCUT2D eigenvalue weighted by atomic mass is 16.6. The fourth-order valence-electron chi connectivity index (χ4n) is 3.14. The molecule has 12 nitrogen and oxygen atoms in total. The van der Waals surface area contributed by atoms with Crippen molar-refractivity contribution in [1.82, 2.24) is 30.7 Å². The number of carbonyl (C=O) groups excluding carboxylic acids is 1. The van der Waals surface area contributed by atoms with Crippen LogP contribution in [0.3, 0.4) is 0 Å². The fourth-order valence-corrected chi connectivity index (χ4v) is 3.14. The molecule has 0 saturated carbocycles. The van der Waals surface area contributed by atoms with E-state index in [9.17, 15) is 4.79 Å². The van der Waals surface area contributed by atoms with Crippen molar-refractivity contribution in [2.45, 2.75) is 6.92 Å². The Kier molecular flexibility index (Phi) is 5.98. The molecule has 1 amide bonds. The topological polar surface area (TPSA) is 156 Å². The third kappa shape index (κ3) is 4.21. The molecule has 12 heteroatoms. The molecule has 0 aliphatic heterocycles. The Labute approximate surface area is 188 Å². The van der Waals surface area contributed by atoms with E-state index in [-0.39, 0.29) is 17.3 Å². The van der Waals surface area contributed by atoms with E-state index in [0.29, 0.717) is 28.5 Å². The van der Waals surface area contributed by atoms with E-state index < -0.39 is 5.91 Å². The number of methoxy groups -OCH3 is 2. The molecule has 4 rings (SSSR count). The van der Waals surface area contributed by atoms with E-state index >= 15 is 0 Å². The highest BCUT2D eigenvalue weighted by Gasteiger charge is 2.25. The first-order chi connectivity index (χ1) is 16.0. The molecule has 0 aliphatic carbocycles. The van der Waals surface area contributed by atoms with Crippen molar-refractivity contribution >= 4 is 17.4 Å². The molecule has 33 heavy (non-hydrogen) atoms. The van der Waals surface area contributed by atoms with Crippen molar-refractivity contribution in [3.8, 4) is 28.6 Å². The number of ether oxygens (including phenoxy) is 2. The lowest BCUT2D eigenvalue weighted by atomic mass is 10.1. The summed E-state index contributed by atoms with van der Waals surface area (Å²) in [6, 6.07) is 14.4. The van der Waals surface area contributed by atoms with Crippen LogP contribution in [-0.4, -0.2) is 51.1 Å². The number of hydrazone groups is 1. The van der Waals surface area contributed by atoms with Gasteiger partial charge in [-0.25, -0.2) is 10.1 Å². The van der Waals surface area contributed by atoms with Gasteiger partial charge in [-0.15, -0.1) is 5.10 Å². The van der Waals surface area contributed by atoms with Crippen LogP contribution in [0.25, 0.3) is 17.1 Å². The number of aromatic nitrogens is 5. The number of amides is 1. The number of nitrogens with two attached hydrogens (primary N) is 1. The lowest BCUT2D eigenvalue weighted by molar-refractivity contribution is 0.0950. The van der Waals surface area contributed by atoms with E-state index in [1.165, 1.54) is 11.8 Å². The summed E-state index contributed by atoms with van der Waals surface area (Å²) in [5, 5.41) is 19.6. The summed E-state index contributed by atoms with van der Waals surface area (Å²) in [6.07, 6.45) is 0. The maximum absolute atomic E-state index is 13.1. The molecule has 2 aromatic carbocycles. The maximum atomic E-state index is 13.1. The van der Waals surface area contributed by atoms with Gasteiger partial charge in [0, 0.05) is 11.1 Å². The van der Waals surface area contributed by atoms with Gasteiger partial charge in [0.05, 0.1) is 19.9 Å². The zero-order valence-corrected chi connectivity index (χ0v) is 18.0. The van der Waals surface area contributed by atoms with Crippen LogP contribution in [0.1, 0.15) is 23.0 Å². The van der Waals surface area contributed by atoms with E-state index in [1.54, 1.807) is 44.4 Å². The van der Waals surface area contributed by atoms with Gasteiger partial charge in [-0.1, -0.05) is 29.5 Å². The number of benzene rings is 2. The van der Waals surface area contributed by atoms with E-state index in [1.807, 2.05) is 18.2 Å². The van der Waals surface area contributed by atoms with E-state index in [4.69, 9.17) is 15.2 Å². The number of rotatable bonds is 7. The molecule has 0 atom stereocenters. The molecular formula is C21H20N8O4. The van der Waals surface area contributed by atoms with Crippen LogP contribution in [0.15, 0.2) is 58.3 Å². The number of hydrogen-bond donors (Lipinski definition) is 2. The highest BCUT2D eigenvalue weighted by molar-refractivity contribution is 6.03. The van der Waals surface area contributed by atoms with Gasteiger partial charge < -0.3 is 15.2 Å². The summed E-state index contributed by atoms with van der Waals surface area (Å²) in [4.78, 5) is 13.1. The Balaban J connectivity index is 1.73. The van der Waals surface area contributed by atoms with Gasteiger partial charge in [0.2, 0.25) is 11.6 Å². The lowest BCUT2D eigenvalue weighted by Gasteiger charge is -2.09. The molecule has 0 radical (unpaired) electrons. The Bertz CT molecular complexity index is 1330. The van der Waals surface area contributed by atoms with Gasteiger partial charge in [-0.3, -0.25) is 4.79 Å². The predicted octanol–water partition coefficient (Wildman–Crippen LogP) is 2.07. The maximum Gasteiger partial charge on any atom is 0.294 e. The minimum Gasteiger partial charge on any atom is -0.497 e. The average molecular weight is 448 g/mol. The number of nitrogens with zero attached hydrogens (tertiary/aromatic N) is 6. The van der Waals surface area contributed by atoms with Gasteiger partial charge in [0.1, 0.15) is 17.2 Å². The molecule has 2 aromatic heterocycles. The first kappa shape index (κ1) is 21.5. The zero-order chi connectivity index (χ0) is 23.4. The van der Waals surface area contributed by atoms with Crippen LogP contribution in [-0.2, 0) is 0 Å². The standard InChI is InChI=1S/C21H20N8O4/c1-12(15-9-4-5-10-16(15)32-3)23-25-21(30)17-18(13-7-6-8-14(11-13)31-2)29(28-24-17)20-19(22)26-33-27-20/h4-11H,1-3H3,(H2,22,26)(H,25,30)/b23-12-. The third-order valence-corrected chi connectivity index (χ3v) is 4.75. The average Bonchev–Trinajstić information content (AvgIpc) is 3.48. The molecule has 0 saturated heterocycles. The number of nitrogens with one attached hydrogen (secondary N) is 1. The molecule has 168 valence electrons. The van der Waals surface area contributed by atoms with E-state index in [0.717, 1.165) is 5.56 Å². The minimum absolute atomic E-state index is 0.0118. The molecule has 2 heterocycles. The number of para-hydroxylation sites is 1. The Morgan fingerprint density at radius 1 is 1.12 bits per heavy atom. The second-order valence-corrected chi connectivity index (χ2v) is 6.74.